The summed E-state index contributed by atoms with van der Waals surface area (Å²) in [6.45, 7) is 5.65. The molecule has 0 saturated heterocycles. The van der Waals surface area contributed by atoms with E-state index in [4.69, 9.17) is 5.73 Å². The highest BCUT2D eigenvalue weighted by Crippen LogP contribution is 2.59. The van der Waals surface area contributed by atoms with Gasteiger partial charge in [-0.3, -0.25) is 0 Å². The molecule has 1 saturated carbocycles. The standard InChI is InChI=1S/C11H19N/c1-11(2)9-4-3-8(5-6-12)10(11)7-9/h3,9-10H,4-7,12H2,1-2H3/t9-,10+/m0/s1. The van der Waals surface area contributed by atoms with Gasteiger partial charge in [0.15, 0.2) is 0 Å². The third-order valence-electron chi connectivity index (χ3n) is 4.02. The molecule has 2 atom stereocenters. The Bertz CT molecular complexity index is 215. The summed E-state index contributed by atoms with van der Waals surface area (Å²) in [5.74, 6) is 1.82. The molecule has 0 aromatic rings. The van der Waals surface area contributed by atoms with Gasteiger partial charge in [-0.25, -0.2) is 0 Å². The van der Waals surface area contributed by atoms with Crippen molar-refractivity contribution in [3.63, 3.8) is 0 Å². The second-order valence-corrected chi connectivity index (χ2v) is 4.86. The van der Waals surface area contributed by atoms with E-state index < -0.39 is 0 Å². The minimum absolute atomic E-state index is 0.583. The minimum atomic E-state index is 0.583. The fraction of sp³-hybridized carbons (Fsp3) is 0.818. The Kier molecular flexibility index (Phi) is 1.80. The van der Waals surface area contributed by atoms with Crippen molar-refractivity contribution in [2.45, 2.75) is 33.1 Å². The zero-order valence-electron chi connectivity index (χ0n) is 8.14. The summed E-state index contributed by atoms with van der Waals surface area (Å²) in [5.41, 5.74) is 7.81. The third kappa shape index (κ3) is 0.957. The maximum absolute atomic E-state index is 5.59. The van der Waals surface area contributed by atoms with Crippen LogP contribution in [0.4, 0.5) is 0 Å². The van der Waals surface area contributed by atoms with Crippen LogP contribution in [0.15, 0.2) is 11.6 Å². The van der Waals surface area contributed by atoms with Crippen LogP contribution in [0, 0.1) is 17.3 Å². The van der Waals surface area contributed by atoms with Crippen molar-refractivity contribution in [3.8, 4) is 0 Å². The summed E-state index contributed by atoms with van der Waals surface area (Å²) in [4.78, 5) is 0. The smallest absolute Gasteiger partial charge is 0.00398 e. The maximum Gasteiger partial charge on any atom is -0.00398 e. The molecule has 3 aliphatic carbocycles. The summed E-state index contributed by atoms with van der Waals surface area (Å²) >= 11 is 0. The normalized spacial score (nSPS) is 37.1. The Labute approximate surface area is 75.0 Å². The molecule has 0 heterocycles. The molecule has 3 aliphatic rings. The number of hydrogen-bond donors (Lipinski definition) is 1. The van der Waals surface area contributed by atoms with Crippen LogP contribution in [0.1, 0.15) is 33.1 Å². The Balaban J connectivity index is 2.13. The van der Waals surface area contributed by atoms with Crippen molar-refractivity contribution in [1.29, 1.82) is 0 Å². The van der Waals surface area contributed by atoms with E-state index in [-0.39, 0.29) is 0 Å². The molecule has 0 amide bonds. The fourth-order valence-electron chi connectivity index (χ4n) is 2.92. The molecule has 0 unspecified atom stereocenters. The Morgan fingerprint density at radius 2 is 2.33 bits per heavy atom. The first-order chi connectivity index (χ1) is 5.66. The zero-order valence-corrected chi connectivity index (χ0v) is 8.14. The van der Waals surface area contributed by atoms with Gasteiger partial charge in [-0.15, -0.1) is 0 Å². The molecule has 1 heteroatoms. The van der Waals surface area contributed by atoms with E-state index in [1.807, 2.05) is 0 Å². The highest BCUT2D eigenvalue weighted by atomic mass is 14.6. The van der Waals surface area contributed by atoms with Gasteiger partial charge in [0.1, 0.15) is 0 Å². The molecule has 0 radical (unpaired) electrons. The molecule has 12 heavy (non-hydrogen) atoms. The van der Waals surface area contributed by atoms with Crippen LogP contribution in [0.5, 0.6) is 0 Å². The fourth-order valence-corrected chi connectivity index (χ4v) is 2.92. The molecule has 0 aliphatic heterocycles. The molecule has 2 bridgehead atoms. The monoisotopic (exact) mass is 165 g/mol. The van der Waals surface area contributed by atoms with Crippen LogP contribution in [-0.2, 0) is 0 Å². The van der Waals surface area contributed by atoms with E-state index in [9.17, 15) is 0 Å². The molecule has 2 N–H and O–H groups in total. The van der Waals surface area contributed by atoms with Gasteiger partial charge in [0.2, 0.25) is 0 Å². The first kappa shape index (κ1) is 8.31. The van der Waals surface area contributed by atoms with Crippen LogP contribution in [-0.4, -0.2) is 6.54 Å². The van der Waals surface area contributed by atoms with Crippen LogP contribution in [0.3, 0.4) is 0 Å². The molecular formula is C11H19N. The average molecular weight is 165 g/mol. The van der Waals surface area contributed by atoms with Gasteiger partial charge in [-0.1, -0.05) is 25.5 Å². The van der Waals surface area contributed by atoms with Gasteiger partial charge in [0.25, 0.3) is 0 Å². The Morgan fingerprint density at radius 3 is 2.83 bits per heavy atom. The number of nitrogens with two attached hydrogens (primary N) is 1. The highest BCUT2D eigenvalue weighted by Gasteiger charge is 2.50. The second kappa shape index (κ2) is 2.59. The molecular weight excluding hydrogens is 146 g/mol. The van der Waals surface area contributed by atoms with E-state index >= 15 is 0 Å². The largest absolute Gasteiger partial charge is 0.330 e. The first-order valence-corrected chi connectivity index (χ1v) is 5.05. The Morgan fingerprint density at radius 1 is 1.58 bits per heavy atom. The SMILES string of the molecule is CC1(C)[C@H]2CC=C(CCN)[C@H]1C2. The van der Waals surface area contributed by atoms with Gasteiger partial charge in [0.05, 0.1) is 0 Å². The van der Waals surface area contributed by atoms with Gasteiger partial charge < -0.3 is 5.73 Å². The van der Waals surface area contributed by atoms with E-state index in [1.165, 1.54) is 12.8 Å². The molecule has 0 spiro atoms. The predicted octanol–water partition coefficient (Wildman–Crippen LogP) is 2.33. The first-order valence-electron chi connectivity index (χ1n) is 5.05. The number of fused-ring (bicyclic) bond motifs is 1. The van der Waals surface area contributed by atoms with E-state index in [0.29, 0.717) is 5.41 Å². The lowest BCUT2D eigenvalue weighted by Crippen LogP contribution is -2.48. The van der Waals surface area contributed by atoms with Crippen LogP contribution >= 0.6 is 0 Å². The summed E-state index contributed by atoms with van der Waals surface area (Å²) in [6.07, 6.45) is 6.30. The lowest BCUT2D eigenvalue weighted by Gasteiger charge is -2.56. The predicted molar refractivity (Wildman–Crippen MR) is 51.7 cm³/mol. The van der Waals surface area contributed by atoms with Crippen LogP contribution < -0.4 is 5.73 Å². The van der Waals surface area contributed by atoms with Crippen molar-refractivity contribution < 1.29 is 0 Å². The lowest BCUT2D eigenvalue weighted by molar-refractivity contribution is -0.00797. The lowest BCUT2D eigenvalue weighted by atomic mass is 9.48. The Hall–Kier alpha value is -0.300. The van der Waals surface area contributed by atoms with Crippen molar-refractivity contribution in [1.82, 2.24) is 0 Å². The quantitative estimate of drug-likeness (QED) is 0.624. The van der Waals surface area contributed by atoms with E-state index in [2.05, 4.69) is 19.9 Å². The summed E-state index contributed by atoms with van der Waals surface area (Å²) in [7, 11) is 0. The minimum Gasteiger partial charge on any atom is -0.330 e. The molecule has 1 fully saturated rings. The van der Waals surface area contributed by atoms with E-state index in [0.717, 1.165) is 24.8 Å². The van der Waals surface area contributed by atoms with Gasteiger partial charge in [-0.2, -0.15) is 0 Å². The molecule has 0 aromatic carbocycles. The number of allylic oxidation sites excluding steroid dienone is 1. The van der Waals surface area contributed by atoms with Crippen molar-refractivity contribution in [3.05, 3.63) is 11.6 Å². The summed E-state index contributed by atoms with van der Waals surface area (Å²) in [5, 5.41) is 0. The second-order valence-electron chi connectivity index (χ2n) is 4.86. The molecule has 68 valence electrons. The summed E-state index contributed by atoms with van der Waals surface area (Å²) < 4.78 is 0. The van der Waals surface area contributed by atoms with Crippen molar-refractivity contribution in [2.24, 2.45) is 23.0 Å². The zero-order chi connectivity index (χ0) is 8.77. The average Bonchev–Trinajstić information content (AvgIpc) is 2.05. The molecule has 0 aromatic heterocycles. The van der Waals surface area contributed by atoms with Gasteiger partial charge in [0, 0.05) is 0 Å². The maximum atomic E-state index is 5.59. The van der Waals surface area contributed by atoms with Crippen LogP contribution in [0.2, 0.25) is 0 Å². The highest BCUT2D eigenvalue weighted by molar-refractivity contribution is 5.23. The van der Waals surface area contributed by atoms with Crippen LogP contribution in [0.25, 0.3) is 0 Å². The topological polar surface area (TPSA) is 26.0 Å². The number of hydrogen-bond acceptors (Lipinski definition) is 1. The molecule has 3 rings (SSSR count). The van der Waals surface area contributed by atoms with Gasteiger partial charge in [-0.05, 0) is 43.1 Å². The number of rotatable bonds is 2. The van der Waals surface area contributed by atoms with E-state index in [1.54, 1.807) is 5.57 Å². The third-order valence-corrected chi connectivity index (χ3v) is 4.02. The molecule has 1 nitrogen and oxygen atoms in total. The van der Waals surface area contributed by atoms with Crippen molar-refractivity contribution in [2.75, 3.05) is 6.54 Å². The summed E-state index contributed by atoms with van der Waals surface area (Å²) in [6, 6.07) is 0. The van der Waals surface area contributed by atoms with Gasteiger partial charge >= 0.3 is 0 Å². The van der Waals surface area contributed by atoms with Crippen molar-refractivity contribution >= 4 is 0 Å².